The zero-order valence-electron chi connectivity index (χ0n) is 19.1. The number of nitrogens with zero attached hydrogens (tertiary/aromatic N) is 1. The summed E-state index contributed by atoms with van der Waals surface area (Å²) in [5.41, 5.74) is 2.31. The van der Waals surface area contributed by atoms with Gasteiger partial charge in [-0.3, -0.25) is 14.9 Å². The summed E-state index contributed by atoms with van der Waals surface area (Å²) in [5.74, 6) is -1.57. The van der Waals surface area contributed by atoms with E-state index in [0.29, 0.717) is 28.1 Å². The van der Waals surface area contributed by atoms with Crippen molar-refractivity contribution < 1.29 is 33.4 Å². The molecule has 3 rings (SSSR count). The highest BCUT2D eigenvalue weighted by Crippen LogP contribution is 2.38. The summed E-state index contributed by atoms with van der Waals surface area (Å²) in [4.78, 5) is 50.6. The number of hydrogen-bond acceptors (Lipinski definition) is 7. The van der Waals surface area contributed by atoms with Crippen LogP contribution in [0, 0.1) is 13.8 Å². The number of methoxy groups -OCH3 is 1. The van der Waals surface area contributed by atoms with E-state index in [9.17, 15) is 19.2 Å². The van der Waals surface area contributed by atoms with Gasteiger partial charge in [0.05, 0.1) is 23.9 Å². The second-order valence-electron chi connectivity index (χ2n) is 7.43. The van der Waals surface area contributed by atoms with Gasteiger partial charge in [-0.05, 0) is 83.7 Å². The zero-order valence-corrected chi connectivity index (χ0v) is 20.6. The molecule has 1 heterocycles. The lowest BCUT2D eigenvalue weighted by molar-refractivity contribution is -0.143. The number of hydrogen-bond donors (Lipinski definition) is 1. The van der Waals surface area contributed by atoms with Crippen molar-refractivity contribution in [1.29, 1.82) is 0 Å². The van der Waals surface area contributed by atoms with E-state index in [0.717, 1.165) is 16.0 Å². The van der Waals surface area contributed by atoms with Gasteiger partial charge in [-0.15, -0.1) is 0 Å². The van der Waals surface area contributed by atoms with Gasteiger partial charge in [0.2, 0.25) is 0 Å². The van der Waals surface area contributed by atoms with Crippen LogP contribution in [0.15, 0.2) is 40.4 Å². The molecule has 9 nitrogen and oxygen atoms in total. The number of rotatable bonds is 7. The number of esters is 1. The molecule has 0 aliphatic carbocycles. The third kappa shape index (κ3) is 5.45. The van der Waals surface area contributed by atoms with Crippen LogP contribution in [-0.2, 0) is 19.1 Å². The molecule has 1 N–H and O–H groups in total. The summed E-state index contributed by atoms with van der Waals surface area (Å²) in [7, 11) is 1.25. The standard InChI is InChI=1S/C24H23BrN2O7/c1-5-33-19-11-15(10-18(25)21(19)34-12-20(28)32-4)9-17-22(29)26-24(31)27(23(17)30)16-7-13(2)6-14(3)8-16/h6-11H,5,12H2,1-4H3,(H,26,29,31)/b17-9+. The normalized spacial score (nSPS) is 14.8. The Kier molecular flexibility index (Phi) is 7.72. The Balaban J connectivity index is 2.01. The third-order valence-electron chi connectivity index (χ3n) is 4.77. The fourth-order valence-electron chi connectivity index (χ4n) is 3.40. The van der Waals surface area contributed by atoms with E-state index in [4.69, 9.17) is 9.47 Å². The molecule has 1 aliphatic rings. The molecule has 0 aromatic heterocycles. The number of urea groups is 1. The molecular weight excluding hydrogens is 508 g/mol. The minimum atomic E-state index is -0.820. The molecule has 2 aromatic carbocycles. The van der Waals surface area contributed by atoms with Crippen molar-refractivity contribution in [2.24, 2.45) is 0 Å². The van der Waals surface area contributed by atoms with Gasteiger partial charge in [0.15, 0.2) is 18.1 Å². The number of carbonyl (C=O) groups excluding carboxylic acids is 4. The van der Waals surface area contributed by atoms with Gasteiger partial charge in [-0.2, -0.15) is 0 Å². The predicted octanol–water partition coefficient (Wildman–Crippen LogP) is 3.68. The maximum atomic E-state index is 13.2. The number of ether oxygens (including phenoxy) is 3. The molecule has 1 fully saturated rings. The maximum Gasteiger partial charge on any atom is 0.343 e. The third-order valence-corrected chi connectivity index (χ3v) is 5.36. The SMILES string of the molecule is CCOc1cc(/C=C2\C(=O)NC(=O)N(c3cc(C)cc(C)c3)C2=O)cc(Br)c1OCC(=O)OC. The first-order valence-corrected chi connectivity index (χ1v) is 11.1. The van der Waals surface area contributed by atoms with Crippen molar-refractivity contribution in [2.45, 2.75) is 20.8 Å². The first-order chi connectivity index (χ1) is 16.1. The monoisotopic (exact) mass is 530 g/mol. The minimum absolute atomic E-state index is 0.226. The molecule has 1 aliphatic heterocycles. The number of barbiturate groups is 1. The summed E-state index contributed by atoms with van der Waals surface area (Å²) >= 11 is 3.37. The van der Waals surface area contributed by atoms with E-state index in [2.05, 4.69) is 26.0 Å². The van der Waals surface area contributed by atoms with Crippen LogP contribution in [0.3, 0.4) is 0 Å². The summed E-state index contributed by atoms with van der Waals surface area (Å²) in [6.45, 7) is 5.44. The molecule has 178 valence electrons. The topological polar surface area (TPSA) is 111 Å². The molecule has 10 heteroatoms. The van der Waals surface area contributed by atoms with E-state index in [1.807, 2.05) is 19.9 Å². The van der Waals surface area contributed by atoms with Crippen LogP contribution in [-0.4, -0.2) is 44.1 Å². The zero-order chi connectivity index (χ0) is 25.0. The molecule has 34 heavy (non-hydrogen) atoms. The average molecular weight is 531 g/mol. The van der Waals surface area contributed by atoms with Crippen LogP contribution in [0.4, 0.5) is 10.5 Å². The Morgan fingerprint density at radius 2 is 1.74 bits per heavy atom. The summed E-state index contributed by atoms with van der Waals surface area (Å²) < 4.78 is 16.1. The van der Waals surface area contributed by atoms with Crippen molar-refractivity contribution in [3.05, 3.63) is 57.1 Å². The van der Waals surface area contributed by atoms with Gasteiger partial charge in [-0.25, -0.2) is 14.5 Å². The van der Waals surface area contributed by atoms with E-state index >= 15 is 0 Å². The maximum absolute atomic E-state index is 13.2. The van der Waals surface area contributed by atoms with Crippen molar-refractivity contribution in [1.82, 2.24) is 5.32 Å². The molecule has 0 bridgehead atoms. The predicted molar refractivity (Wildman–Crippen MR) is 128 cm³/mol. The number of halogens is 1. The van der Waals surface area contributed by atoms with Gasteiger partial charge >= 0.3 is 12.0 Å². The van der Waals surface area contributed by atoms with Crippen LogP contribution >= 0.6 is 15.9 Å². The highest BCUT2D eigenvalue weighted by atomic mass is 79.9. The lowest BCUT2D eigenvalue weighted by Gasteiger charge is -2.27. The van der Waals surface area contributed by atoms with Crippen LogP contribution in [0.2, 0.25) is 0 Å². The van der Waals surface area contributed by atoms with Gasteiger partial charge in [0, 0.05) is 0 Å². The van der Waals surface area contributed by atoms with E-state index < -0.39 is 23.8 Å². The van der Waals surface area contributed by atoms with Gasteiger partial charge in [-0.1, -0.05) is 6.07 Å². The van der Waals surface area contributed by atoms with E-state index in [1.54, 1.807) is 31.2 Å². The van der Waals surface area contributed by atoms with Crippen molar-refractivity contribution in [2.75, 3.05) is 25.2 Å². The number of benzene rings is 2. The summed E-state index contributed by atoms with van der Waals surface area (Å²) in [6.07, 6.45) is 1.36. The summed E-state index contributed by atoms with van der Waals surface area (Å²) in [6, 6.07) is 7.63. The highest BCUT2D eigenvalue weighted by molar-refractivity contribution is 9.10. The largest absolute Gasteiger partial charge is 0.490 e. The molecule has 0 radical (unpaired) electrons. The fourth-order valence-corrected chi connectivity index (χ4v) is 3.98. The fraction of sp³-hybridized carbons (Fsp3) is 0.250. The number of carbonyl (C=O) groups is 4. The lowest BCUT2D eigenvalue weighted by Crippen LogP contribution is -2.54. The first kappa shape index (κ1) is 25.0. The molecule has 0 atom stereocenters. The molecule has 0 saturated carbocycles. The van der Waals surface area contributed by atoms with Gasteiger partial charge in [0.25, 0.3) is 11.8 Å². The Hall–Kier alpha value is -3.66. The van der Waals surface area contributed by atoms with Crippen LogP contribution < -0.4 is 19.7 Å². The molecule has 0 spiro atoms. The Morgan fingerprint density at radius 1 is 1.06 bits per heavy atom. The first-order valence-electron chi connectivity index (χ1n) is 10.3. The minimum Gasteiger partial charge on any atom is -0.490 e. The van der Waals surface area contributed by atoms with Crippen molar-refractivity contribution >= 4 is 51.5 Å². The highest BCUT2D eigenvalue weighted by Gasteiger charge is 2.37. The Bertz CT molecular complexity index is 1190. The van der Waals surface area contributed by atoms with Crippen LogP contribution in [0.5, 0.6) is 11.5 Å². The van der Waals surface area contributed by atoms with Gasteiger partial charge in [0.1, 0.15) is 5.57 Å². The Labute approximate surface area is 204 Å². The molecule has 4 amide bonds. The number of nitrogens with one attached hydrogen (secondary N) is 1. The average Bonchev–Trinajstić information content (AvgIpc) is 2.75. The lowest BCUT2D eigenvalue weighted by atomic mass is 10.0. The second-order valence-corrected chi connectivity index (χ2v) is 8.29. The van der Waals surface area contributed by atoms with E-state index in [-0.39, 0.29) is 17.9 Å². The van der Waals surface area contributed by atoms with Crippen molar-refractivity contribution in [3.8, 4) is 11.5 Å². The van der Waals surface area contributed by atoms with E-state index in [1.165, 1.54) is 13.2 Å². The molecule has 1 saturated heterocycles. The molecular formula is C24H23BrN2O7. The number of amides is 4. The van der Waals surface area contributed by atoms with Gasteiger partial charge < -0.3 is 14.2 Å². The quantitative estimate of drug-likeness (QED) is 0.330. The van der Waals surface area contributed by atoms with Crippen molar-refractivity contribution in [3.63, 3.8) is 0 Å². The smallest absolute Gasteiger partial charge is 0.343 e. The number of aryl methyl sites for hydroxylation is 2. The Morgan fingerprint density at radius 3 is 2.35 bits per heavy atom. The number of anilines is 1. The number of imide groups is 2. The summed E-state index contributed by atoms with van der Waals surface area (Å²) in [5, 5.41) is 2.21. The van der Waals surface area contributed by atoms with Crippen LogP contribution in [0.1, 0.15) is 23.6 Å². The molecule has 2 aromatic rings. The molecule has 0 unspecified atom stereocenters. The van der Waals surface area contributed by atoms with Crippen LogP contribution in [0.25, 0.3) is 6.08 Å². The second kappa shape index (κ2) is 10.5.